The Kier molecular flexibility index (Phi) is 5.26. The molecule has 0 aromatic carbocycles. The number of aryl methyl sites for hydroxylation is 2. The van der Waals surface area contributed by atoms with Gasteiger partial charge in [-0.2, -0.15) is 4.52 Å². The molecule has 0 bridgehead atoms. The standard InChI is InChI=1S/C18H23N5O3S2/c1-4-26-18(25)22-8-6-21(7-9-22)13(14-11(2)5-10-27-14)15-16(24)23-17(28-15)19-12(3)20-23/h5,10,13,24H,4,6-9H2,1-3H3/p+1/t13-/m0/s1. The van der Waals surface area contributed by atoms with Crippen LogP contribution in [0.3, 0.4) is 0 Å². The first-order valence-electron chi connectivity index (χ1n) is 9.34. The third-order valence-electron chi connectivity index (χ3n) is 5.07. The zero-order valence-electron chi connectivity index (χ0n) is 16.1. The fraction of sp³-hybridized carbons (Fsp3) is 0.500. The van der Waals surface area contributed by atoms with Gasteiger partial charge >= 0.3 is 6.09 Å². The van der Waals surface area contributed by atoms with Crippen molar-refractivity contribution in [2.75, 3.05) is 32.8 Å². The maximum absolute atomic E-state index is 12.0. The Bertz CT molecular complexity index is 987. The third-order valence-corrected chi connectivity index (χ3v) is 7.24. The molecule has 1 aliphatic rings. The fourth-order valence-electron chi connectivity index (χ4n) is 3.69. The lowest BCUT2D eigenvalue weighted by molar-refractivity contribution is -0.928. The molecule has 1 saturated heterocycles. The molecule has 1 amide bonds. The van der Waals surface area contributed by atoms with E-state index < -0.39 is 0 Å². The summed E-state index contributed by atoms with van der Waals surface area (Å²) in [6.45, 7) is 8.97. The Morgan fingerprint density at radius 3 is 2.71 bits per heavy atom. The first kappa shape index (κ1) is 19.2. The van der Waals surface area contributed by atoms with Crippen LogP contribution in [0.25, 0.3) is 4.96 Å². The van der Waals surface area contributed by atoms with Crippen LogP contribution in [0.15, 0.2) is 11.4 Å². The van der Waals surface area contributed by atoms with E-state index in [4.69, 9.17) is 4.74 Å². The maximum atomic E-state index is 12.0. The van der Waals surface area contributed by atoms with Crippen molar-refractivity contribution in [1.29, 1.82) is 0 Å². The molecule has 8 nitrogen and oxygen atoms in total. The zero-order valence-corrected chi connectivity index (χ0v) is 17.8. The predicted molar refractivity (Wildman–Crippen MR) is 107 cm³/mol. The molecule has 2 N–H and O–H groups in total. The molecule has 1 aliphatic heterocycles. The van der Waals surface area contributed by atoms with Gasteiger partial charge in [0.15, 0.2) is 6.04 Å². The number of rotatable bonds is 4. The zero-order chi connectivity index (χ0) is 19.8. The van der Waals surface area contributed by atoms with Crippen molar-refractivity contribution < 1.29 is 19.5 Å². The second-order valence-corrected chi connectivity index (χ2v) is 8.85. The molecule has 3 aromatic rings. The second kappa shape index (κ2) is 7.69. The maximum Gasteiger partial charge on any atom is 0.410 e. The van der Waals surface area contributed by atoms with Gasteiger partial charge in [-0.1, -0.05) is 11.3 Å². The molecule has 0 radical (unpaired) electrons. The van der Waals surface area contributed by atoms with E-state index in [1.165, 1.54) is 31.2 Å². The number of hydrogen-bond acceptors (Lipinski definition) is 7. The van der Waals surface area contributed by atoms with Crippen LogP contribution >= 0.6 is 22.7 Å². The lowest BCUT2D eigenvalue weighted by atomic mass is 10.1. The van der Waals surface area contributed by atoms with E-state index in [0.29, 0.717) is 30.5 Å². The van der Waals surface area contributed by atoms with Gasteiger partial charge in [-0.25, -0.2) is 9.78 Å². The number of amides is 1. The number of fused-ring (bicyclic) bond motifs is 1. The van der Waals surface area contributed by atoms with Crippen LogP contribution < -0.4 is 4.90 Å². The van der Waals surface area contributed by atoms with Crippen molar-refractivity contribution >= 4 is 33.7 Å². The summed E-state index contributed by atoms with van der Waals surface area (Å²) < 4.78 is 6.66. The quantitative estimate of drug-likeness (QED) is 0.668. The molecule has 0 aliphatic carbocycles. The molecule has 1 fully saturated rings. The van der Waals surface area contributed by atoms with E-state index in [2.05, 4.69) is 28.5 Å². The molecule has 150 valence electrons. The largest absolute Gasteiger partial charge is 0.492 e. The van der Waals surface area contributed by atoms with E-state index in [1.54, 1.807) is 16.2 Å². The van der Waals surface area contributed by atoms with Crippen LogP contribution in [0.4, 0.5) is 4.79 Å². The van der Waals surface area contributed by atoms with Gasteiger partial charge in [0.2, 0.25) is 10.8 Å². The number of carbonyl (C=O) groups excluding carboxylic acids is 1. The summed E-state index contributed by atoms with van der Waals surface area (Å²) in [5, 5.41) is 17.3. The number of carbonyl (C=O) groups is 1. The average molecular weight is 423 g/mol. The summed E-state index contributed by atoms with van der Waals surface area (Å²) in [7, 11) is 0. The molecule has 1 atom stereocenters. The summed E-state index contributed by atoms with van der Waals surface area (Å²) in [4.78, 5) is 22.3. The van der Waals surface area contributed by atoms with Gasteiger partial charge < -0.3 is 14.7 Å². The fourth-order valence-corrected chi connectivity index (χ4v) is 6.02. The van der Waals surface area contributed by atoms with Gasteiger partial charge in [0.25, 0.3) is 0 Å². The highest BCUT2D eigenvalue weighted by Gasteiger charge is 2.37. The molecule has 4 heterocycles. The number of thiazole rings is 1. The Morgan fingerprint density at radius 1 is 1.36 bits per heavy atom. The van der Waals surface area contributed by atoms with Gasteiger partial charge in [-0.15, -0.1) is 16.4 Å². The minimum absolute atomic E-state index is 0.00171. The van der Waals surface area contributed by atoms with Crippen LogP contribution in [-0.2, 0) is 4.74 Å². The molecule has 0 saturated carbocycles. The lowest BCUT2D eigenvalue weighted by Gasteiger charge is -2.35. The van der Waals surface area contributed by atoms with Gasteiger partial charge in [0.1, 0.15) is 10.7 Å². The first-order valence-corrected chi connectivity index (χ1v) is 11.0. The van der Waals surface area contributed by atoms with Crippen molar-refractivity contribution in [3.63, 3.8) is 0 Å². The van der Waals surface area contributed by atoms with E-state index in [1.807, 2.05) is 13.8 Å². The van der Waals surface area contributed by atoms with E-state index in [9.17, 15) is 9.90 Å². The van der Waals surface area contributed by atoms with Gasteiger partial charge in [0, 0.05) is 0 Å². The number of nitrogens with zero attached hydrogens (tertiary/aromatic N) is 4. The van der Waals surface area contributed by atoms with Crippen LogP contribution in [0.5, 0.6) is 5.88 Å². The van der Waals surface area contributed by atoms with Crippen molar-refractivity contribution in [2.45, 2.75) is 26.8 Å². The average Bonchev–Trinajstić information content (AvgIpc) is 3.34. The Hall–Kier alpha value is -2.17. The molecule has 3 aromatic heterocycles. The van der Waals surface area contributed by atoms with Crippen molar-refractivity contribution in [1.82, 2.24) is 19.5 Å². The van der Waals surface area contributed by atoms with Crippen molar-refractivity contribution in [3.8, 4) is 5.88 Å². The molecule has 0 spiro atoms. The normalized spacial score (nSPS) is 16.6. The van der Waals surface area contributed by atoms with Crippen LogP contribution in [0.1, 0.15) is 34.1 Å². The highest BCUT2D eigenvalue weighted by molar-refractivity contribution is 7.17. The summed E-state index contributed by atoms with van der Waals surface area (Å²) in [5.41, 5.74) is 1.21. The number of thiophene rings is 1. The number of quaternary nitrogens is 1. The molecular formula is C18H24N5O3S2+. The smallest absolute Gasteiger partial charge is 0.410 e. The first-order chi connectivity index (χ1) is 13.5. The molecular weight excluding hydrogens is 398 g/mol. The van der Waals surface area contributed by atoms with Crippen molar-refractivity contribution in [2.24, 2.45) is 0 Å². The predicted octanol–water partition coefficient (Wildman–Crippen LogP) is 1.62. The molecule has 4 rings (SSSR count). The van der Waals surface area contributed by atoms with Gasteiger partial charge in [-0.05, 0) is 37.8 Å². The third kappa shape index (κ3) is 3.36. The summed E-state index contributed by atoms with van der Waals surface area (Å²) in [6.07, 6.45) is -0.248. The van der Waals surface area contributed by atoms with Gasteiger partial charge in [-0.3, -0.25) is 4.90 Å². The van der Waals surface area contributed by atoms with Crippen LogP contribution in [0.2, 0.25) is 0 Å². The Balaban J connectivity index is 1.66. The Morgan fingerprint density at radius 2 is 2.11 bits per heavy atom. The summed E-state index contributed by atoms with van der Waals surface area (Å²) in [6, 6.07) is 2.11. The van der Waals surface area contributed by atoms with E-state index >= 15 is 0 Å². The van der Waals surface area contributed by atoms with Gasteiger partial charge in [0.05, 0.1) is 37.7 Å². The molecule has 10 heteroatoms. The van der Waals surface area contributed by atoms with Crippen LogP contribution in [0, 0.1) is 13.8 Å². The Labute approximate surface area is 171 Å². The van der Waals surface area contributed by atoms with Crippen LogP contribution in [-0.4, -0.2) is 63.5 Å². The second-order valence-electron chi connectivity index (χ2n) is 6.89. The molecule has 28 heavy (non-hydrogen) atoms. The minimum atomic E-state index is -0.248. The highest BCUT2D eigenvalue weighted by atomic mass is 32.1. The van der Waals surface area contributed by atoms with E-state index in [0.717, 1.165) is 18.0 Å². The summed E-state index contributed by atoms with van der Waals surface area (Å²) in [5.74, 6) is 0.811. The minimum Gasteiger partial charge on any atom is -0.492 e. The monoisotopic (exact) mass is 422 g/mol. The highest BCUT2D eigenvalue weighted by Crippen LogP contribution is 2.37. The van der Waals surface area contributed by atoms with E-state index in [-0.39, 0.29) is 18.0 Å². The number of piperazine rings is 1. The number of aromatic hydroxyl groups is 1. The number of nitrogens with one attached hydrogen (secondary N) is 1. The number of aromatic nitrogens is 3. The van der Waals surface area contributed by atoms with Crippen molar-refractivity contribution in [3.05, 3.63) is 32.6 Å². The summed E-state index contributed by atoms with van der Waals surface area (Å²) >= 11 is 3.19. The topological polar surface area (TPSA) is 84.4 Å². The number of hydrogen-bond donors (Lipinski definition) is 2. The SMILES string of the molecule is CCOC(=O)N1CC[NH+]([C@@H](c2sccc2C)c2sc3nc(C)nn3c2O)CC1. The lowest BCUT2D eigenvalue weighted by Crippen LogP contribution is -3.15. The molecule has 0 unspecified atom stereocenters. The number of ether oxygens (including phenoxy) is 1.